The molecule has 2 rings (SSSR count). The lowest BCUT2D eigenvalue weighted by molar-refractivity contribution is -0.120. The highest BCUT2D eigenvalue weighted by Gasteiger charge is 2.24. The Morgan fingerprint density at radius 1 is 1.29 bits per heavy atom. The van der Waals surface area contributed by atoms with E-state index in [1.165, 1.54) is 25.7 Å². The molecule has 1 saturated carbocycles. The first-order chi connectivity index (χ1) is 10.2. The first kappa shape index (κ1) is 16.3. The molecule has 1 aliphatic rings. The van der Waals surface area contributed by atoms with Crippen LogP contribution in [-0.2, 0) is 11.2 Å². The summed E-state index contributed by atoms with van der Waals surface area (Å²) in [5.74, 6) is 2.17. The lowest BCUT2D eigenvalue weighted by Crippen LogP contribution is -2.35. The highest BCUT2D eigenvalue weighted by Crippen LogP contribution is 2.30. The number of hydrogen-bond acceptors (Lipinski definition) is 2. The Morgan fingerprint density at radius 3 is 2.71 bits per heavy atom. The number of alkyl halides is 1. The van der Waals surface area contributed by atoms with Gasteiger partial charge in [-0.2, -0.15) is 0 Å². The maximum Gasteiger partial charge on any atom is 0.224 e. The molecule has 2 unspecified atom stereocenters. The number of methoxy groups -OCH3 is 1. The minimum absolute atomic E-state index is 0.0818. The van der Waals surface area contributed by atoms with Gasteiger partial charge < -0.3 is 10.1 Å². The molecule has 0 aliphatic heterocycles. The molecule has 0 bridgehead atoms. The highest BCUT2D eigenvalue weighted by atomic mass is 79.9. The first-order valence-electron chi connectivity index (χ1n) is 7.69. The molecule has 21 heavy (non-hydrogen) atoms. The van der Waals surface area contributed by atoms with Crippen LogP contribution in [0.5, 0.6) is 5.75 Å². The standard InChI is InChI=1S/C17H24BrNO2/c1-21-16-9-5-4-6-13(16)10-17(20)19-12-15-8-3-2-7-14(15)11-18/h4-6,9,14-15H,2-3,7-8,10-12H2,1H3,(H,19,20). The van der Waals surface area contributed by atoms with Gasteiger partial charge in [0.15, 0.2) is 0 Å². The molecule has 0 radical (unpaired) electrons. The predicted molar refractivity (Wildman–Crippen MR) is 88.9 cm³/mol. The van der Waals surface area contributed by atoms with E-state index < -0.39 is 0 Å². The summed E-state index contributed by atoms with van der Waals surface area (Å²) in [4.78, 5) is 12.1. The van der Waals surface area contributed by atoms with E-state index in [0.717, 1.165) is 23.2 Å². The average molecular weight is 354 g/mol. The van der Waals surface area contributed by atoms with Gasteiger partial charge in [-0.15, -0.1) is 0 Å². The van der Waals surface area contributed by atoms with Gasteiger partial charge in [0.25, 0.3) is 0 Å². The third-order valence-electron chi connectivity index (χ3n) is 4.37. The summed E-state index contributed by atoms with van der Waals surface area (Å²) in [6.45, 7) is 0.796. The van der Waals surface area contributed by atoms with Gasteiger partial charge >= 0.3 is 0 Å². The maximum atomic E-state index is 12.1. The van der Waals surface area contributed by atoms with Crippen LogP contribution in [0, 0.1) is 11.8 Å². The fourth-order valence-corrected chi connectivity index (χ4v) is 3.94. The molecule has 1 aromatic carbocycles. The third kappa shape index (κ3) is 4.73. The molecule has 116 valence electrons. The second kappa shape index (κ2) is 8.42. The summed E-state index contributed by atoms with van der Waals surface area (Å²) in [7, 11) is 1.64. The molecule has 1 aromatic rings. The second-order valence-electron chi connectivity index (χ2n) is 5.75. The Kier molecular flexibility index (Phi) is 6.55. The van der Waals surface area contributed by atoms with Crippen molar-refractivity contribution in [2.24, 2.45) is 11.8 Å². The van der Waals surface area contributed by atoms with E-state index in [1.807, 2.05) is 24.3 Å². The second-order valence-corrected chi connectivity index (χ2v) is 6.40. The Morgan fingerprint density at radius 2 is 2.00 bits per heavy atom. The quantitative estimate of drug-likeness (QED) is 0.794. The summed E-state index contributed by atoms with van der Waals surface area (Å²) in [5.41, 5.74) is 0.943. The van der Waals surface area contributed by atoms with E-state index in [9.17, 15) is 4.79 Å². The van der Waals surface area contributed by atoms with Crippen molar-refractivity contribution in [2.45, 2.75) is 32.1 Å². The highest BCUT2D eigenvalue weighted by molar-refractivity contribution is 9.09. The van der Waals surface area contributed by atoms with Gasteiger partial charge in [0, 0.05) is 17.4 Å². The monoisotopic (exact) mass is 353 g/mol. The van der Waals surface area contributed by atoms with Crippen molar-refractivity contribution in [3.8, 4) is 5.75 Å². The van der Waals surface area contributed by atoms with Crippen LogP contribution in [0.1, 0.15) is 31.2 Å². The Hall–Kier alpha value is -1.03. The van der Waals surface area contributed by atoms with E-state index in [4.69, 9.17) is 4.74 Å². The lowest BCUT2D eigenvalue weighted by Gasteiger charge is -2.30. The Labute approximate surface area is 135 Å². The van der Waals surface area contributed by atoms with Crippen LogP contribution < -0.4 is 10.1 Å². The SMILES string of the molecule is COc1ccccc1CC(=O)NCC1CCCCC1CBr. The van der Waals surface area contributed by atoms with E-state index >= 15 is 0 Å². The fraction of sp³-hybridized carbons (Fsp3) is 0.588. The third-order valence-corrected chi connectivity index (χ3v) is 5.20. The van der Waals surface area contributed by atoms with E-state index in [0.29, 0.717) is 18.3 Å². The molecule has 1 N–H and O–H groups in total. The van der Waals surface area contributed by atoms with E-state index in [-0.39, 0.29) is 5.91 Å². The van der Waals surface area contributed by atoms with Crippen LogP contribution >= 0.6 is 15.9 Å². The fourth-order valence-electron chi connectivity index (χ4n) is 3.09. The number of nitrogens with one attached hydrogen (secondary N) is 1. The van der Waals surface area contributed by atoms with Crippen molar-refractivity contribution in [1.82, 2.24) is 5.32 Å². The Bertz CT molecular complexity index is 464. The maximum absolute atomic E-state index is 12.1. The molecule has 0 heterocycles. The van der Waals surface area contributed by atoms with Crippen molar-refractivity contribution in [1.29, 1.82) is 0 Å². The first-order valence-corrected chi connectivity index (χ1v) is 8.81. The van der Waals surface area contributed by atoms with E-state index in [1.54, 1.807) is 7.11 Å². The molecule has 2 atom stereocenters. The number of amides is 1. The number of para-hydroxylation sites is 1. The van der Waals surface area contributed by atoms with Crippen LogP contribution in [0.4, 0.5) is 0 Å². The van der Waals surface area contributed by atoms with Crippen LogP contribution in [-0.4, -0.2) is 24.9 Å². The molecule has 3 nitrogen and oxygen atoms in total. The molecular weight excluding hydrogens is 330 g/mol. The number of hydrogen-bond donors (Lipinski definition) is 1. The van der Waals surface area contributed by atoms with E-state index in [2.05, 4.69) is 21.2 Å². The smallest absolute Gasteiger partial charge is 0.224 e. The molecular formula is C17H24BrNO2. The van der Waals surface area contributed by atoms with Crippen molar-refractivity contribution in [3.05, 3.63) is 29.8 Å². The lowest BCUT2D eigenvalue weighted by atomic mass is 9.80. The zero-order valence-electron chi connectivity index (χ0n) is 12.6. The number of carbonyl (C=O) groups excluding carboxylic acids is 1. The summed E-state index contributed by atoms with van der Waals surface area (Å²) < 4.78 is 5.29. The largest absolute Gasteiger partial charge is 0.496 e. The zero-order valence-corrected chi connectivity index (χ0v) is 14.2. The van der Waals surface area contributed by atoms with Crippen LogP contribution in [0.2, 0.25) is 0 Å². The number of ether oxygens (including phenoxy) is 1. The van der Waals surface area contributed by atoms with Gasteiger partial charge in [-0.3, -0.25) is 4.79 Å². The summed E-state index contributed by atoms with van der Waals surface area (Å²) in [6, 6.07) is 7.70. The van der Waals surface area contributed by atoms with Crippen LogP contribution in [0.3, 0.4) is 0 Å². The Balaban J connectivity index is 1.84. The summed E-state index contributed by atoms with van der Waals surface area (Å²) in [6.07, 6.45) is 5.50. The minimum atomic E-state index is 0.0818. The predicted octanol–water partition coefficient (Wildman–Crippen LogP) is 3.56. The van der Waals surface area contributed by atoms with Gasteiger partial charge in [0.05, 0.1) is 13.5 Å². The van der Waals surface area contributed by atoms with Crippen molar-refractivity contribution >= 4 is 21.8 Å². The molecule has 0 aromatic heterocycles. The van der Waals surface area contributed by atoms with Crippen molar-refractivity contribution in [3.63, 3.8) is 0 Å². The number of benzene rings is 1. The molecule has 1 aliphatic carbocycles. The zero-order chi connectivity index (χ0) is 15.1. The summed E-state index contributed by atoms with van der Waals surface area (Å²) >= 11 is 3.60. The van der Waals surface area contributed by atoms with Crippen LogP contribution in [0.25, 0.3) is 0 Å². The van der Waals surface area contributed by atoms with Gasteiger partial charge in [0.2, 0.25) is 5.91 Å². The molecule has 4 heteroatoms. The molecule has 0 spiro atoms. The van der Waals surface area contributed by atoms with Crippen molar-refractivity contribution < 1.29 is 9.53 Å². The average Bonchev–Trinajstić information content (AvgIpc) is 2.53. The topological polar surface area (TPSA) is 38.3 Å². The van der Waals surface area contributed by atoms with Gasteiger partial charge in [-0.25, -0.2) is 0 Å². The molecule has 1 fully saturated rings. The summed E-state index contributed by atoms with van der Waals surface area (Å²) in [5, 5.41) is 4.14. The normalized spacial score (nSPS) is 21.8. The molecule has 0 saturated heterocycles. The van der Waals surface area contributed by atoms with Gasteiger partial charge in [0.1, 0.15) is 5.75 Å². The number of rotatable bonds is 6. The van der Waals surface area contributed by atoms with Crippen molar-refractivity contribution in [2.75, 3.05) is 19.0 Å². The minimum Gasteiger partial charge on any atom is -0.496 e. The molecule has 1 amide bonds. The van der Waals surface area contributed by atoms with Crippen LogP contribution in [0.15, 0.2) is 24.3 Å². The van der Waals surface area contributed by atoms with Gasteiger partial charge in [-0.1, -0.05) is 47.0 Å². The van der Waals surface area contributed by atoms with Gasteiger partial charge in [-0.05, 0) is 30.7 Å². The number of carbonyl (C=O) groups is 1. The number of halogens is 1.